The number of carbonyl (C=O) groups excluding carboxylic acids is 2. The fraction of sp³-hybridized carbons (Fsp3) is 0.190. The summed E-state index contributed by atoms with van der Waals surface area (Å²) in [5.41, 5.74) is 5.05. The van der Waals surface area contributed by atoms with Crippen molar-refractivity contribution in [2.24, 2.45) is 11.8 Å². The number of benzene rings is 4. The molecule has 2 atom stereocenters. The third-order valence-electron chi connectivity index (χ3n) is 8.60. The SMILES string of the molecule is O=C(O)C[C@@H](CCc1ccccc1)C(=O)Nc1nc(-c2ccccc2Cl)cs1.O=C(O)C[C@H](CCc1ccccc1)C(=O)Nc1nc(-c2ccccc2Cl)cs1. The number of carboxylic acids is 2. The van der Waals surface area contributed by atoms with Crippen LogP contribution in [0.25, 0.3) is 22.5 Å². The van der Waals surface area contributed by atoms with Crippen molar-refractivity contribution in [2.75, 3.05) is 10.6 Å². The van der Waals surface area contributed by atoms with E-state index in [0.29, 0.717) is 57.4 Å². The number of thiazole rings is 2. The highest BCUT2D eigenvalue weighted by atomic mass is 35.5. The quantitative estimate of drug-likeness (QED) is 0.0750. The Morgan fingerprint density at radius 1 is 0.554 bits per heavy atom. The molecule has 0 bridgehead atoms. The molecular weight excluding hydrogens is 792 g/mol. The van der Waals surface area contributed by atoms with Gasteiger partial charge < -0.3 is 20.8 Å². The summed E-state index contributed by atoms with van der Waals surface area (Å²) >= 11 is 15.0. The largest absolute Gasteiger partial charge is 0.481 e. The molecule has 4 aromatic carbocycles. The van der Waals surface area contributed by atoms with Crippen LogP contribution in [0.2, 0.25) is 10.0 Å². The highest BCUT2D eigenvalue weighted by Crippen LogP contribution is 2.32. The zero-order valence-electron chi connectivity index (χ0n) is 29.9. The molecule has 2 aromatic heterocycles. The van der Waals surface area contributed by atoms with E-state index >= 15 is 0 Å². The smallest absolute Gasteiger partial charge is 0.304 e. The van der Waals surface area contributed by atoms with E-state index in [1.165, 1.54) is 22.7 Å². The maximum Gasteiger partial charge on any atom is 0.304 e. The van der Waals surface area contributed by atoms with Gasteiger partial charge in [0.1, 0.15) is 0 Å². The van der Waals surface area contributed by atoms with E-state index in [1.54, 1.807) is 12.1 Å². The lowest BCUT2D eigenvalue weighted by atomic mass is 9.95. The molecule has 0 saturated carbocycles. The van der Waals surface area contributed by atoms with E-state index in [1.807, 2.05) is 108 Å². The van der Waals surface area contributed by atoms with Crippen molar-refractivity contribution in [3.63, 3.8) is 0 Å². The second kappa shape index (κ2) is 21.1. The van der Waals surface area contributed by atoms with Crippen LogP contribution < -0.4 is 10.6 Å². The van der Waals surface area contributed by atoms with Gasteiger partial charge in [0.25, 0.3) is 0 Å². The number of anilines is 2. The van der Waals surface area contributed by atoms with Crippen LogP contribution in [0, 0.1) is 11.8 Å². The summed E-state index contributed by atoms with van der Waals surface area (Å²) in [7, 11) is 0. The lowest BCUT2D eigenvalue weighted by Crippen LogP contribution is -2.25. The predicted molar refractivity (Wildman–Crippen MR) is 223 cm³/mol. The van der Waals surface area contributed by atoms with Crippen LogP contribution in [-0.2, 0) is 32.0 Å². The van der Waals surface area contributed by atoms with Crippen LogP contribution in [-0.4, -0.2) is 43.9 Å². The van der Waals surface area contributed by atoms with Crippen LogP contribution >= 0.6 is 45.9 Å². The number of carboxylic acid groups (broad SMARTS) is 2. The van der Waals surface area contributed by atoms with Gasteiger partial charge in [0.15, 0.2) is 10.3 Å². The number of nitrogens with one attached hydrogen (secondary N) is 2. The minimum absolute atomic E-state index is 0.221. The second-order valence-electron chi connectivity index (χ2n) is 12.7. The van der Waals surface area contributed by atoms with E-state index in [9.17, 15) is 29.4 Å². The zero-order chi connectivity index (χ0) is 39.9. The minimum atomic E-state index is -0.996. The fourth-order valence-electron chi connectivity index (χ4n) is 5.71. The molecule has 14 heteroatoms. The van der Waals surface area contributed by atoms with Crippen molar-refractivity contribution in [3.8, 4) is 22.5 Å². The maximum atomic E-state index is 12.6. The summed E-state index contributed by atoms with van der Waals surface area (Å²) in [5.74, 6) is -3.93. The van der Waals surface area contributed by atoms with Crippen molar-refractivity contribution in [1.82, 2.24) is 9.97 Å². The number of amides is 2. The Kier molecular flexibility index (Phi) is 15.7. The van der Waals surface area contributed by atoms with Crippen molar-refractivity contribution in [3.05, 3.63) is 141 Å². The number of hydrogen-bond donors (Lipinski definition) is 4. The van der Waals surface area contributed by atoms with Crippen LogP contribution in [0.4, 0.5) is 10.3 Å². The second-order valence-corrected chi connectivity index (χ2v) is 15.2. The number of halogens is 2. The van der Waals surface area contributed by atoms with Crippen molar-refractivity contribution >= 4 is 79.9 Å². The van der Waals surface area contributed by atoms with Gasteiger partial charge >= 0.3 is 11.9 Å². The van der Waals surface area contributed by atoms with Crippen LogP contribution in [0.15, 0.2) is 120 Å². The molecule has 4 N–H and O–H groups in total. The molecule has 6 rings (SSSR count). The van der Waals surface area contributed by atoms with Gasteiger partial charge in [0.05, 0.1) is 24.2 Å². The maximum absolute atomic E-state index is 12.6. The first kappa shape index (κ1) is 41.8. The van der Waals surface area contributed by atoms with Crippen LogP contribution in [0.5, 0.6) is 0 Å². The molecule has 2 amide bonds. The van der Waals surface area contributed by atoms with Crippen LogP contribution in [0.3, 0.4) is 0 Å². The van der Waals surface area contributed by atoms with Gasteiger partial charge in [-0.05, 0) is 48.9 Å². The standard InChI is InChI=1S/2C21H19ClN2O3S/c2*22-17-9-5-4-8-16(17)18-13-28-21(23-18)24-20(27)15(12-19(25)26)11-10-14-6-2-1-3-7-14/h2*1-9,13,15H,10-12H2,(H,25,26)(H,23,24,27)/t2*15-/m10/s1. The first-order valence-electron chi connectivity index (χ1n) is 17.6. The van der Waals surface area contributed by atoms with E-state index in [-0.39, 0.29) is 24.7 Å². The van der Waals surface area contributed by atoms with Gasteiger partial charge in [-0.15, -0.1) is 22.7 Å². The highest BCUT2D eigenvalue weighted by Gasteiger charge is 2.24. The van der Waals surface area contributed by atoms with Gasteiger partial charge in [-0.3, -0.25) is 19.2 Å². The Balaban J connectivity index is 0.000000214. The van der Waals surface area contributed by atoms with Crippen LogP contribution in [0.1, 0.15) is 36.8 Å². The molecule has 0 spiro atoms. The molecule has 0 aliphatic heterocycles. The van der Waals surface area contributed by atoms with Gasteiger partial charge in [-0.25, -0.2) is 9.97 Å². The third kappa shape index (κ3) is 12.8. The molecule has 288 valence electrons. The van der Waals surface area contributed by atoms with Crippen molar-refractivity contribution < 1.29 is 29.4 Å². The molecule has 0 unspecified atom stereocenters. The lowest BCUT2D eigenvalue weighted by Gasteiger charge is -2.14. The highest BCUT2D eigenvalue weighted by molar-refractivity contribution is 7.14. The number of hydrogen-bond acceptors (Lipinski definition) is 8. The monoisotopic (exact) mass is 828 g/mol. The number of rotatable bonds is 16. The lowest BCUT2D eigenvalue weighted by molar-refractivity contribution is -0.140. The normalized spacial score (nSPS) is 11.8. The number of aromatic nitrogens is 2. The van der Waals surface area contributed by atoms with E-state index in [0.717, 1.165) is 22.3 Å². The molecule has 0 fully saturated rings. The summed E-state index contributed by atoms with van der Waals surface area (Å²) in [6, 6.07) is 34.1. The number of aliphatic carboxylic acids is 2. The zero-order valence-corrected chi connectivity index (χ0v) is 33.1. The minimum Gasteiger partial charge on any atom is -0.481 e. The Morgan fingerprint density at radius 3 is 1.27 bits per heavy atom. The molecule has 0 radical (unpaired) electrons. The Labute approximate surface area is 342 Å². The van der Waals surface area contributed by atoms with Gasteiger partial charge in [-0.1, -0.05) is 120 Å². The molecule has 0 aliphatic carbocycles. The van der Waals surface area contributed by atoms with Crippen molar-refractivity contribution in [1.29, 1.82) is 0 Å². The number of nitrogens with zero attached hydrogens (tertiary/aromatic N) is 2. The molecule has 0 aliphatic rings. The molecule has 2 heterocycles. The van der Waals surface area contributed by atoms with Gasteiger partial charge in [-0.2, -0.15) is 0 Å². The van der Waals surface area contributed by atoms with Gasteiger partial charge in [0, 0.05) is 43.8 Å². The molecule has 6 aromatic rings. The Bertz CT molecular complexity index is 2080. The first-order chi connectivity index (χ1) is 27.0. The van der Waals surface area contributed by atoms with E-state index < -0.39 is 23.8 Å². The summed E-state index contributed by atoms with van der Waals surface area (Å²) in [6.45, 7) is 0. The number of aryl methyl sites for hydroxylation is 2. The molecule has 10 nitrogen and oxygen atoms in total. The number of carbonyl (C=O) groups is 4. The summed E-state index contributed by atoms with van der Waals surface area (Å²) in [6.07, 6.45) is 1.72. The predicted octanol–water partition coefficient (Wildman–Crippen LogP) is 10.3. The fourth-order valence-corrected chi connectivity index (χ4v) is 7.60. The van der Waals surface area contributed by atoms with Crippen molar-refractivity contribution in [2.45, 2.75) is 38.5 Å². The summed E-state index contributed by atoms with van der Waals surface area (Å²) in [4.78, 5) is 56.5. The average Bonchev–Trinajstić information content (AvgIpc) is 3.86. The van der Waals surface area contributed by atoms with E-state index in [4.69, 9.17) is 23.2 Å². The molecule has 56 heavy (non-hydrogen) atoms. The molecular formula is C42H38Cl2N4O6S2. The van der Waals surface area contributed by atoms with Gasteiger partial charge in [0.2, 0.25) is 11.8 Å². The summed E-state index contributed by atoms with van der Waals surface area (Å²) in [5, 5.41) is 29.5. The topological polar surface area (TPSA) is 159 Å². The molecule has 0 saturated heterocycles. The third-order valence-corrected chi connectivity index (χ3v) is 10.8. The van der Waals surface area contributed by atoms with E-state index in [2.05, 4.69) is 20.6 Å². The summed E-state index contributed by atoms with van der Waals surface area (Å²) < 4.78 is 0. The Hall–Kier alpha value is -5.40. The Morgan fingerprint density at radius 2 is 0.911 bits per heavy atom. The first-order valence-corrected chi connectivity index (χ1v) is 20.1. The average molecular weight is 830 g/mol.